The van der Waals surface area contributed by atoms with Gasteiger partial charge in [-0.25, -0.2) is 4.79 Å². The highest BCUT2D eigenvalue weighted by molar-refractivity contribution is 5.72. The Morgan fingerprint density at radius 1 is 1.21 bits per heavy atom. The fraction of sp³-hybridized carbons (Fsp3) is 0.688. The smallest absolute Gasteiger partial charge is 0.329 e. The molecule has 0 bridgehead atoms. The van der Waals surface area contributed by atoms with Crippen molar-refractivity contribution in [2.45, 2.75) is 25.7 Å². The largest absolute Gasteiger partial charge is 0.342 e. The molecule has 1 aliphatic heterocycles. The van der Waals surface area contributed by atoms with Gasteiger partial charge in [-0.2, -0.15) is 4.98 Å². The predicted molar refractivity (Wildman–Crippen MR) is 94.7 cm³/mol. The predicted octanol–water partition coefficient (Wildman–Crippen LogP) is 0.508. The Hall–Kier alpha value is -2.09. The van der Waals surface area contributed by atoms with Crippen molar-refractivity contribution < 1.29 is 0 Å². The number of nitrogens with one attached hydrogen (secondary N) is 2. The molecule has 8 nitrogen and oxygen atoms in total. The van der Waals surface area contributed by atoms with E-state index in [1.165, 1.54) is 17.4 Å². The molecule has 132 valence electrons. The van der Waals surface area contributed by atoms with Crippen molar-refractivity contribution in [2.75, 3.05) is 38.6 Å². The molecule has 0 aromatic carbocycles. The number of rotatable bonds is 5. The molecule has 0 saturated carbocycles. The SMILES string of the molecule is CN(C)CCCC1CCN(c2nc3c([nH]2)c(=O)[nH]c(=O)n3C)CC1. The highest BCUT2D eigenvalue weighted by Crippen LogP contribution is 2.25. The van der Waals surface area contributed by atoms with Crippen LogP contribution in [-0.4, -0.2) is 58.1 Å². The second-order valence-electron chi connectivity index (χ2n) is 6.95. The Kier molecular flexibility index (Phi) is 4.75. The number of hydrogen-bond acceptors (Lipinski definition) is 5. The zero-order valence-electron chi connectivity index (χ0n) is 14.6. The van der Waals surface area contributed by atoms with Crippen LogP contribution in [0.5, 0.6) is 0 Å². The van der Waals surface area contributed by atoms with Crippen LogP contribution in [0.4, 0.5) is 5.95 Å². The number of aryl methyl sites for hydroxylation is 1. The highest BCUT2D eigenvalue weighted by Gasteiger charge is 2.22. The topological polar surface area (TPSA) is 90.0 Å². The first kappa shape index (κ1) is 16.8. The summed E-state index contributed by atoms with van der Waals surface area (Å²) in [5.41, 5.74) is -0.0809. The van der Waals surface area contributed by atoms with E-state index in [2.05, 4.69) is 38.8 Å². The minimum atomic E-state index is -0.440. The van der Waals surface area contributed by atoms with Gasteiger partial charge in [0.15, 0.2) is 11.2 Å². The van der Waals surface area contributed by atoms with Crippen molar-refractivity contribution in [1.82, 2.24) is 24.4 Å². The number of piperidine rings is 1. The molecule has 0 aliphatic carbocycles. The third-order valence-electron chi connectivity index (χ3n) is 4.87. The molecule has 2 aromatic heterocycles. The Bertz CT molecular complexity index is 810. The quantitative estimate of drug-likeness (QED) is 0.831. The monoisotopic (exact) mass is 334 g/mol. The maximum absolute atomic E-state index is 11.9. The van der Waals surface area contributed by atoms with Crippen LogP contribution in [0.1, 0.15) is 25.7 Å². The summed E-state index contributed by atoms with van der Waals surface area (Å²) in [4.78, 5) is 37.8. The molecule has 0 radical (unpaired) electrons. The van der Waals surface area contributed by atoms with Gasteiger partial charge in [-0.3, -0.25) is 14.3 Å². The molecule has 24 heavy (non-hydrogen) atoms. The minimum Gasteiger partial charge on any atom is -0.342 e. The molecular weight excluding hydrogens is 308 g/mol. The number of H-pyrrole nitrogens is 2. The van der Waals surface area contributed by atoms with Crippen molar-refractivity contribution in [3.8, 4) is 0 Å². The molecule has 8 heteroatoms. The molecule has 3 rings (SSSR count). The summed E-state index contributed by atoms with van der Waals surface area (Å²) in [5, 5.41) is 0. The Labute approximate surface area is 140 Å². The number of fused-ring (bicyclic) bond motifs is 1. The Balaban J connectivity index is 1.68. The number of aromatic amines is 2. The van der Waals surface area contributed by atoms with Gasteiger partial charge in [-0.05, 0) is 52.2 Å². The lowest BCUT2D eigenvalue weighted by Crippen LogP contribution is -2.34. The van der Waals surface area contributed by atoms with E-state index in [9.17, 15) is 9.59 Å². The minimum absolute atomic E-state index is 0.361. The highest BCUT2D eigenvalue weighted by atomic mass is 16.2. The van der Waals surface area contributed by atoms with Crippen LogP contribution in [0.2, 0.25) is 0 Å². The molecule has 2 N–H and O–H groups in total. The van der Waals surface area contributed by atoms with Crippen LogP contribution in [0.3, 0.4) is 0 Å². The first-order chi connectivity index (χ1) is 11.5. The van der Waals surface area contributed by atoms with E-state index in [1.807, 2.05) is 0 Å². The van der Waals surface area contributed by atoms with Crippen LogP contribution in [0.15, 0.2) is 9.59 Å². The number of anilines is 1. The molecule has 0 spiro atoms. The molecule has 1 aliphatic rings. The van der Waals surface area contributed by atoms with E-state index in [0.717, 1.165) is 38.4 Å². The molecule has 0 amide bonds. The lowest BCUT2D eigenvalue weighted by molar-refractivity contribution is 0.331. The summed E-state index contributed by atoms with van der Waals surface area (Å²) < 4.78 is 1.37. The van der Waals surface area contributed by atoms with E-state index in [0.29, 0.717) is 17.1 Å². The fourth-order valence-electron chi connectivity index (χ4n) is 3.37. The molecule has 0 atom stereocenters. The van der Waals surface area contributed by atoms with Gasteiger partial charge in [0.05, 0.1) is 0 Å². The number of nitrogens with zero attached hydrogens (tertiary/aromatic N) is 4. The second kappa shape index (κ2) is 6.80. The van der Waals surface area contributed by atoms with Crippen molar-refractivity contribution >= 4 is 17.1 Å². The summed E-state index contributed by atoms with van der Waals surface area (Å²) >= 11 is 0. The second-order valence-corrected chi connectivity index (χ2v) is 6.95. The summed E-state index contributed by atoms with van der Waals surface area (Å²) in [6.45, 7) is 3.00. The van der Waals surface area contributed by atoms with E-state index in [4.69, 9.17) is 0 Å². The molecule has 0 unspecified atom stereocenters. The number of aromatic nitrogens is 4. The molecule has 3 heterocycles. The normalized spacial score (nSPS) is 16.4. The van der Waals surface area contributed by atoms with Crippen LogP contribution in [0, 0.1) is 5.92 Å². The van der Waals surface area contributed by atoms with Crippen LogP contribution in [0.25, 0.3) is 11.2 Å². The van der Waals surface area contributed by atoms with Gasteiger partial charge in [0.1, 0.15) is 0 Å². The van der Waals surface area contributed by atoms with Gasteiger partial charge >= 0.3 is 5.69 Å². The van der Waals surface area contributed by atoms with Crippen LogP contribution in [-0.2, 0) is 7.05 Å². The van der Waals surface area contributed by atoms with Crippen molar-refractivity contribution in [3.05, 3.63) is 20.8 Å². The maximum atomic E-state index is 11.9. The van der Waals surface area contributed by atoms with E-state index >= 15 is 0 Å². The van der Waals surface area contributed by atoms with Gasteiger partial charge in [-0.1, -0.05) is 0 Å². The molecule has 2 aromatic rings. The zero-order valence-corrected chi connectivity index (χ0v) is 14.6. The lowest BCUT2D eigenvalue weighted by Gasteiger charge is -2.31. The summed E-state index contributed by atoms with van der Waals surface area (Å²) in [5.74, 6) is 1.45. The van der Waals surface area contributed by atoms with Crippen molar-refractivity contribution in [2.24, 2.45) is 13.0 Å². The van der Waals surface area contributed by atoms with Crippen LogP contribution < -0.4 is 16.1 Å². The van der Waals surface area contributed by atoms with Crippen molar-refractivity contribution in [1.29, 1.82) is 0 Å². The van der Waals surface area contributed by atoms with E-state index in [1.54, 1.807) is 7.05 Å². The average Bonchev–Trinajstić information content (AvgIpc) is 2.99. The summed E-state index contributed by atoms with van der Waals surface area (Å²) in [7, 11) is 5.83. The third-order valence-corrected chi connectivity index (χ3v) is 4.87. The number of hydrogen-bond donors (Lipinski definition) is 2. The average molecular weight is 334 g/mol. The zero-order chi connectivity index (χ0) is 17.3. The molecule has 1 saturated heterocycles. The van der Waals surface area contributed by atoms with E-state index < -0.39 is 11.2 Å². The lowest BCUT2D eigenvalue weighted by atomic mass is 9.92. The number of imidazole rings is 1. The molecular formula is C16H26N6O2. The van der Waals surface area contributed by atoms with Gasteiger partial charge in [0.2, 0.25) is 5.95 Å². The maximum Gasteiger partial charge on any atom is 0.329 e. The Morgan fingerprint density at radius 2 is 1.92 bits per heavy atom. The van der Waals surface area contributed by atoms with Crippen molar-refractivity contribution in [3.63, 3.8) is 0 Å². The third kappa shape index (κ3) is 3.38. The summed E-state index contributed by atoms with van der Waals surface area (Å²) in [6.07, 6.45) is 4.78. The van der Waals surface area contributed by atoms with Gasteiger partial charge < -0.3 is 14.8 Å². The first-order valence-electron chi connectivity index (χ1n) is 8.54. The molecule has 1 fully saturated rings. The Morgan fingerprint density at radius 3 is 2.58 bits per heavy atom. The standard InChI is InChI=1S/C16H26N6O2/c1-20(2)8-4-5-11-6-9-22(10-7-11)15-17-12-13(18-15)21(3)16(24)19-14(12)23/h11H,4-10H2,1-3H3,(H,17,18)(H,19,23,24). The fourth-order valence-corrected chi connectivity index (χ4v) is 3.37. The van der Waals surface area contributed by atoms with Crippen LogP contribution >= 0.6 is 0 Å². The van der Waals surface area contributed by atoms with E-state index in [-0.39, 0.29) is 0 Å². The first-order valence-corrected chi connectivity index (χ1v) is 8.54. The van der Waals surface area contributed by atoms with Gasteiger partial charge in [-0.15, -0.1) is 0 Å². The van der Waals surface area contributed by atoms with Gasteiger partial charge in [0.25, 0.3) is 5.56 Å². The van der Waals surface area contributed by atoms with Gasteiger partial charge in [0, 0.05) is 20.1 Å². The summed E-state index contributed by atoms with van der Waals surface area (Å²) in [6, 6.07) is 0.